The van der Waals surface area contributed by atoms with Crippen molar-refractivity contribution in [2.75, 3.05) is 13.7 Å². The zero-order valence-corrected chi connectivity index (χ0v) is 22.3. The van der Waals surface area contributed by atoms with Gasteiger partial charge in [-0.1, -0.05) is 18.2 Å². The number of pyridine rings is 1. The Bertz CT molecular complexity index is 1500. The lowest BCUT2D eigenvalue weighted by molar-refractivity contribution is -0.140. The van der Waals surface area contributed by atoms with Gasteiger partial charge in [-0.15, -0.1) is 0 Å². The van der Waals surface area contributed by atoms with Gasteiger partial charge in [-0.3, -0.25) is 5.01 Å². The Balaban J connectivity index is 1.48. The van der Waals surface area contributed by atoms with Crippen LogP contribution >= 0.6 is 7.82 Å². The number of hydrogen-bond acceptors (Lipinski definition) is 8. The molecule has 2 aromatic heterocycles. The maximum atomic E-state index is 13.9. The number of aromatic nitrogens is 3. The maximum absolute atomic E-state index is 13.9. The van der Waals surface area contributed by atoms with Crippen LogP contribution in [0.15, 0.2) is 60.1 Å². The van der Waals surface area contributed by atoms with Crippen molar-refractivity contribution in [3.05, 3.63) is 77.5 Å². The van der Waals surface area contributed by atoms with Gasteiger partial charge in [-0.2, -0.15) is 28.0 Å². The van der Waals surface area contributed by atoms with E-state index in [1.807, 2.05) is 13.1 Å². The van der Waals surface area contributed by atoms with Gasteiger partial charge in [0, 0.05) is 18.7 Å². The van der Waals surface area contributed by atoms with Crippen molar-refractivity contribution in [2.45, 2.75) is 38.0 Å². The molecule has 2 N–H and O–H groups in total. The second-order valence-corrected chi connectivity index (χ2v) is 10.4. The largest absolute Gasteiger partial charge is 0.491 e. The normalized spacial score (nSPS) is 19.7. The molecule has 0 saturated carbocycles. The van der Waals surface area contributed by atoms with Gasteiger partial charge in [0.1, 0.15) is 5.69 Å². The Hall–Kier alpha value is -3.71. The molecule has 0 aliphatic carbocycles. The minimum Gasteiger partial charge on any atom is -0.479 e. The van der Waals surface area contributed by atoms with Gasteiger partial charge in [0.05, 0.1) is 30.4 Å². The zero-order chi connectivity index (χ0) is 28.7. The van der Waals surface area contributed by atoms with Gasteiger partial charge < -0.3 is 19.1 Å². The summed E-state index contributed by atoms with van der Waals surface area (Å²) < 4.78 is 65.7. The van der Waals surface area contributed by atoms with E-state index in [0.717, 1.165) is 16.8 Å². The predicted octanol–water partition coefficient (Wildman–Crippen LogP) is 4.48. The van der Waals surface area contributed by atoms with Crippen LogP contribution in [0.5, 0.6) is 5.88 Å². The molecule has 0 bridgehead atoms. The smallest absolute Gasteiger partial charge is 0.479 e. The molecule has 212 valence electrons. The van der Waals surface area contributed by atoms with Crippen LogP contribution in [0, 0.1) is 6.92 Å². The standard InChI is InChI=1S/C25H26F3N6O5P/c1-16-14-32(15-29-16)21-11-9-17(30-23(21)38-2)10-12-22-31-33-13-5-7-19(24(33)34(22)39-40(35,36)37)18-6-3-4-8-20(18)25(26,27)28/h3-4,6,8-12,14-15,19,24H,5,7,13H2,1-2H3,(H2,35,36,37)/t19-,24?/m0/s1. The van der Waals surface area contributed by atoms with Gasteiger partial charge in [0.25, 0.3) is 0 Å². The second-order valence-electron chi connectivity index (χ2n) is 9.29. The number of amidine groups is 1. The average Bonchev–Trinajstić information content (AvgIpc) is 3.49. The first-order valence-corrected chi connectivity index (χ1v) is 13.8. The summed E-state index contributed by atoms with van der Waals surface area (Å²) in [7, 11) is -3.64. The Kier molecular flexibility index (Phi) is 7.44. The molecule has 1 unspecified atom stereocenters. The van der Waals surface area contributed by atoms with Gasteiger partial charge in [0.2, 0.25) is 5.88 Å². The number of benzene rings is 1. The third-order valence-corrected chi connectivity index (χ3v) is 6.96. The number of hydroxylamine groups is 2. The number of nitrogens with zero attached hydrogens (tertiary/aromatic N) is 6. The van der Waals surface area contributed by atoms with Crippen LogP contribution in [-0.4, -0.2) is 60.0 Å². The van der Waals surface area contributed by atoms with E-state index in [4.69, 9.17) is 9.36 Å². The summed E-state index contributed by atoms with van der Waals surface area (Å²) in [6.07, 6.45) is 1.63. The number of fused-ring (bicyclic) bond motifs is 1. The van der Waals surface area contributed by atoms with Crippen LogP contribution in [0.4, 0.5) is 13.2 Å². The second kappa shape index (κ2) is 10.7. The summed E-state index contributed by atoms with van der Waals surface area (Å²) in [4.78, 5) is 28.0. The molecule has 5 rings (SSSR count). The summed E-state index contributed by atoms with van der Waals surface area (Å²) in [6, 6.07) is 8.63. The summed E-state index contributed by atoms with van der Waals surface area (Å²) in [5.41, 5.74) is 1.07. The molecule has 2 aliphatic rings. The van der Waals surface area contributed by atoms with Crippen molar-refractivity contribution in [3.8, 4) is 11.6 Å². The van der Waals surface area contributed by atoms with Gasteiger partial charge in [-0.25, -0.2) is 14.5 Å². The lowest BCUT2D eigenvalue weighted by atomic mass is 9.85. The molecule has 11 nitrogen and oxygen atoms in total. The minimum absolute atomic E-state index is 0.000192. The van der Waals surface area contributed by atoms with Crippen molar-refractivity contribution < 1.29 is 36.9 Å². The van der Waals surface area contributed by atoms with Gasteiger partial charge >= 0.3 is 14.0 Å². The minimum atomic E-state index is -5.11. The Morgan fingerprint density at radius 3 is 2.60 bits per heavy atom. The number of hydrazone groups is 1. The molecule has 40 heavy (non-hydrogen) atoms. The highest BCUT2D eigenvalue weighted by atomic mass is 31.2. The topological polar surface area (TPSA) is 126 Å². The highest BCUT2D eigenvalue weighted by Crippen LogP contribution is 2.47. The highest BCUT2D eigenvalue weighted by Gasteiger charge is 2.47. The summed E-state index contributed by atoms with van der Waals surface area (Å²) in [5, 5.41) is 6.83. The van der Waals surface area contributed by atoms with E-state index in [1.165, 1.54) is 42.5 Å². The number of halogens is 3. The predicted molar refractivity (Wildman–Crippen MR) is 138 cm³/mol. The molecule has 1 saturated heterocycles. The number of hydrogen-bond donors (Lipinski definition) is 2. The lowest BCUT2D eigenvalue weighted by Crippen LogP contribution is -2.48. The maximum Gasteiger partial charge on any atom is 0.491 e. The number of rotatable bonds is 7. The quantitative estimate of drug-likeness (QED) is 0.391. The SMILES string of the molecule is COc1nc(C=CC2=NN3CCC[C@@H](c4ccccc4C(F)(F)F)C3N2OP(=O)(O)O)ccc1-n1cnc(C)c1. The van der Waals surface area contributed by atoms with Crippen molar-refractivity contribution in [1.29, 1.82) is 0 Å². The van der Waals surface area contributed by atoms with Crippen molar-refractivity contribution in [3.63, 3.8) is 0 Å². The number of piperidine rings is 1. The molecule has 0 radical (unpaired) electrons. The summed E-state index contributed by atoms with van der Waals surface area (Å²) >= 11 is 0. The Labute approximate surface area is 227 Å². The fourth-order valence-electron chi connectivity index (χ4n) is 4.97. The van der Waals surface area contributed by atoms with Gasteiger partial charge in [-0.05, 0) is 55.7 Å². The first-order chi connectivity index (χ1) is 18.9. The van der Waals surface area contributed by atoms with E-state index >= 15 is 0 Å². The molecule has 0 spiro atoms. The van der Waals surface area contributed by atoms with E-state index in [1.54, 1.807) is 23.0 Å². The van der Waals surface area contributed by atoms with Crippen molar-refractivity contribution in [2.24, 2.45) is 5.10 Å². The number of phosphoric acid groups is 1. The Morgan fingerprint density at radius 1 is 1.15 bits per heavy atom. The van der Waals surface area contributed by atoms with Crippen LogP contribution in [0.25, 0.3) is 11.8 Å². The molecular weight excluding hydrogens is 552 g/mol. The van der Waals surface area contributed by atoms with Gasteiger partial charge in [0.15, 0.2) is 12.0 Å². The molecule has 15 heteroatoms. The Morgan fingerprint density at radius 2 is 1.93 bits per heavy atom. The highest BCUT2D eigenvalue weighted by molar-refractivity contribution is 7.46. The number of ether oxygens (including phenoxy) is 1. The monoisotopic (exact) mass is 578 g/mol. The molecule has 2 atom stereocenters. The molecule has 1 fully saturated rings. The number of aryl methyl sites for hydroxylation is 1. The van der Waals surface area contributed by atoms with Crippen molar-refractivity contribution >= 4 is 19.7 Å². The van der Waals surface area contributed by atoms with Crippen LogP contribution in [0.3, 0.4) is 0 Å². The number of alkyl halides is 3. The van der Waals surface area contributed by atoms with E-state index in [-0.39, 0.29) is 11.4 Å². The zero-order valence-electron chi connectivity index (χ0n) is 21.4. The van der Waals surface area contributed by atoms with Crippen LogP contribution < -0.4 is 4.74 Å². The fourth-order valence-corrected chi connectivity index (χ4v) is 5.38. The third-order valence-electron chi connectivity index (χ3n) is 6.57. The molecule has 3 aromatic rings. The first kappa shape index (κ1) is 27.8. The van der Waals surface area contributed by atoms with Crippen LogP contribution in [0.2, 0.25) is 0 Å². The molecule has 2 aliphatic heterocycles. The van der Waals surface area contributed by atoms with Crippen LogP contribution in [-0.2, 0) is 15.4 Å². The summed E-state index contributed by atoms with van der Waals surface area (Å²) in [6.45, 7) is 2.21. The van der Waals surface area contributed by atoms with E-state index in [0.29, 0.717) is 36.6 Å². The molecule has 1 aromatic carbocycles. The average molecular weight is 578 g/mol. The van der Waals surface area contributed by atoms with Crippen molar-refractivity contribution in [1.82, 2.24) is 24.6 Å². The first-order valence-electron chi connectivity index (χ1n) is 12.2. The van der Waals surface area contributed by atoms with E-state index in [9.17, 15) is 27.5 Å². The molecule has 0 amide bonds. The molecule has 4 heterocycles. The van der Waals surface area contributed by atoms with Crippen LogP contribution in [0.1, 0.15) is 41.3 Å². The lowest BCUT2D eigenvalue weighted by Gasteiger charge is -2.40. The summed E-state index contributed by atoms with van der Waals surface area (Å²) in [5.74, 6) is -0.499. The molecular formula is C25H26F3N6O5P. The third kappa shape index (κ3) is 5.75. The van der Waals surface area contributed by atoms with E-state index in [2.05, 4.69) is 15.1 Å². The van der Waals surface area contributed by atoms with E-state index < -0.39 is 31.6 Å². The number of imidazole rings is 1. The number of methoxy groups -OCH3 is 1. The fraction of sp³-hybridized carbons (Fsp3) is 0.320.